The molecule has 6 nitrogen and oxygen atoms in total. The molecule has 1 N–H and O–H groups in total. The van der Waals surface area contributed by atoms with E-state index >= 15 is 0 Å². The Labute approximate surface area is 179 Å². The molecule has 0 unspecified atom stereocenters. The number of hydrogen-bond acceptors (Lipinski definition) is 5. The second kappa shape index (κ2) is 7.84. The fraction of sp³-hybridized carbons (Fsp3) is 0.0870. The number of allylic oxidation sites excluding steroid dienone is 1. The molecule has 4 rings (SSSR count). The number of nitro benzene ring substituents is 1. The lowest BCUT2D eigenvalue weighted by atomic mass is 9.98. The number of carbonyl (C=O) groups is 1. The average Bonchev–Trinajstić information content (AvgIpc) is 3.08. The first kappa shape index (κ1) is 21.1. The van der Waals surface area contributed by atoms with E-state index in [2.05, 4.69) is 5.32 Å². The smallest absolute Gasteiger partial charge is 0.416 e. The van der Waals surface area contributed by atoms with Gasteiger partial charge < -0.3 is 10.1 Å². The van der Waals surface area contributed by atoms with Crippen molar-refractivity contribution in [3.63, 3.8) is 0 Å². The largest absolute Gasteiger partial charge is 0.436 e. The van der Waals surface area contributed by atoms with Gasteiger partial charge in [0, 0.05) is 19.2 Å². The van der Waals surface area contributed by atoms with Crippen LogP contribution in [0.3, 0.4) is 0 Å². The molecule has 1 heterocycles. The highest BCUT2D eigenvalue weighted by molar-refractivity contribution is 6.31. The number of benzene rings is 3. The molecular weight excluding hydrogens is 425 g/mol. The molecule has 0 saturated carbocycles. The summed E-state index contributed by atoms with van der Waals surface area (Å²) in [6.07, 6.45) is -3.09. The Hall–Kier alpha value is -4.14. The van der Waals surface area contributed by atoms with Crippen molar-refractivity contribution in [1.29, 1.82) is 0 Å². The third-order valence-electron chi connectivity index (χ3n) is 4.99. The third kappa shape index (κ3) is 3.80. The summed E-state index contributed by atoms with van der Waals surface area (Å²) >= 11 is 0. The minimum Gasteiger partial charge on any atom is -0.436 e. The number of ketones is 1. The number of hydrogen-bond donors (Lipinski definition) is 1. The molecule has 0 amide bonds. The monoisotopic (exact) mass is 440 g/mol. The van der Waals surface area contributed by atoms with Crippen LogP contribution in [-0.4, -0.2) is 17.8 Å². The predicted molar refractivity (Wildman–Crippen MR) is 112 cm³/mol. The molecule has 3 aromatic carbocycles. The number of alkyl halides is 3. The molecular formula is C23H15F3N2O4. The Morgan fingerprint density at radius 3 is 2.50 bits per heavy atom. The number of Topliss-reactive ketones (excluding diaryl/α,β-unsaturated/α-hetero) is 1. The molecule has 9 heteroatoms. The van der Waals surface area contributed by atoms with Crippen molar-refractivity contribution in [3.05, 3.63) is 99.1 Å². The second-order valence-corrected chi connectivity index (χ2v) is 6.98. The van der Waals surface area contributed by atoms with Crippen LogP contribution in [0.5, 0.6) is 0 Å². The molecule has 0 spiro atoms. The van der Waals surface area contributed by atoms with Crippen molar-refractivity contribution in [2.45, 2.75) is 6.18 Å². The first-order chi connectivity index (χ1) is 15.2. The average molecular weight is 440 g/mol. The molecule has 0 aromatic heterocycles. The number of halogens is 3. The maximum Gasteiger partial charge on any atom is 0.416 e. The summed E-state index contributed by atoms with van der Waals surface area (Å²) in [5.74, 6) is -0.614. The number of nitrogens with one attached hydrogen (secondary N) is 1. The van der Waals surface area contributed by atoms with Gasteiger partial charge in [-0.2, -0.15) is 13.2 Å². The number of fused-ring (bicyclic) bond motifs is 1. The molecule has 3 aromatic rings. The van der Waals surface area contributed by atoms with Crippen LogP contribution in [0.15, 0.2) is 72.3 Å². The number of carbonyl (C=O) groups excluding carboxylic acids is 1. The van der Waals surface area contributed by atoms with Crippen LogP contribution in [0, 0.1) is 10.1 Å². The Kier molecular flexibility index (Phi) is 5.17. The topological polar surface area (TPSA) is 81.5 Å². The van der Waals surface area contributed by atoms with E-state index in [0.29, 0.717) is 16.3 Å². The van der Waals surface area contributed by atoms with E-state index in [-0.39, 0.29) is 28.5 Å². The molecule has 0 aliphatic carbocycles. The third-order valence-corrected chi connectivity index (χ3v) is 4.99. The molecule has 0 radical (unpaired) electrons. The van der Waals surface area contributed by atoms with Gasteiger partial charge in [-0.05, 0) is 46.2 Å². The van der Waals surface area contributed by atoms with Gasteiger partial charge >= 0.3 is 6.18 Å². The van der Waals surface area contributed by atoms with Crippen LogP contribution in [0.25, 0.3) is 22.4 Å². The standard InChI is InChI=1S/C23H15F3N2O4/c1-27-22-20(15-6-3-7-16(10-15)23(24,25)26)21(29)19(32-22)12-14-5-2-4-13-11-17(28(30)31)8-9-18(13)14/h2-12,27H,1H3. The van der Waals surface area contributed by atoms with Crippen molar-refractivity contribution in [3.8, 4) is 0 Å². The highest BCUT2D eigenvalue weighted by atomic mass is 19.4. The number of ether oxygens (including phenoxy) is 1. The van der Waals surface area contributed by atoms with Gasteiger partial charge in [0.1, 0.15) is 0 Å². The number of rotatable bonds is 4. The SMILES string of the molecule is CNC1=C(c2cccc(C(F)(F)F)c2)C(=O)C(=Cc2cccc3cc([N+](=O)[O-])ccc23)O1. The van der Waals surface area contributed by atoms with Gasteiger partial charge in [0.25, 0.3) is 5.69 Å². The summed E-state index contributed by atoms with van der Waals surface area (Å²) in [5.41, 5.74) is -0.311. The fourth-order valence-electron chi connectivity index (χ4n) is 3.49. The Morgan fingerprint density at radius 1 is 1.06 bits per heavy atom. The van der Waals surface area contributed by atoms with Crippen LogP contribution in [0.1, 0.15) is 16.7 Å². The zero-order valence-corrected chi connectivity index (χ0v) is 16.6. The fourth-order valence-corrected chi connectivity index (χ4v) is 3.49. The normalized spacial score (nSPS) is 15.4. The van der Waals surface area contributed by atoms with Crippen molar-refractivity contribution in [2.75, 3.05) is 7.05 Å². The summed E-state index contributed by atoms with van der Waals surface area (Å²) in [7, 11) is 1.50. The molecule has 1 aliphatic heterocycles. The van der Waals surface area contributed by atoms with Crippen LogP contribution >= 0.6 is 0 Å². The van der Waals surface area contributed by atoms with Gasteiger partial charge in [-0.3, -0.25) is 14.9 Å². The van der Waals surface area contributed by atoms with Crippen LogP contribution < -0.4 is 5.32 Å². The maximum atomic E-state index is 13.1. The van der Waals surface area contributed by atoms with E-state index in [9.17, 15) is 28.1 Å². The highest BCUT2D eigenvalue weighted by Gasteiger charge is 2.34. The minimum atomic E-state index is -4.55. The second-order valence-electron chi connectivity index (χ2n) is 6.98. The van der Waals surface area contributed by atoms with Gasteiger partial charge in [-0.25, -0.2) is 0 Å². The first-order valence-electron chi connectivity index (χ1n) is 9.40. The first-order valence-corrected chi connectivity index (χ1v) is 9.40. The zero-order chi connectivity index (χ0) is 23.0. The number of nitrogens with zero attached hydrogens (tertiary/aromatic N) is 1. The summed E-state index contributed by atoms with van der Waals surface area (Å²) in [4.78, 5) is 23.6. The van der Waals surface area contributed by atoms with E-state index in [1.54, 1.807) is 24.3 Å². The van der Waals surface area contributed by atoms with Gasteiger partial charge in [-0.15, -0.1) is 0 Å². The lowest BCUT2D eigenvalue weighted by Crippen LogP contribution is -2.09. The van der Waals surface area contributed by atoms with Crippen molar-refractivity contribution in [2.24, 2.45) is 0 Å². The van der Waals surface area contributed by atoms with Crippen LogP contribution in [0.4, 0.5) is 18.9 Å². The zero-order valence-electron chi connectivity index (χ0n) is 16.6. The predicted octanol–water partition coefficient (Wildman–Crippen LogP) is 5.30. The molecule has 0 saturated heterocycles. The summed E-state index contributed by atoms with van der Waals surface area (Å²) < 4.78 is 45.0. The summed E-state index contributed by atoms with van der Waals surface area (Å²) in [5, 5.41) is 15.0. The molecule has 0 atom stereocenters. The Morgan fingerprint density at radius 2 is 1.81 bits per heavy atom. The van der Waals surface area contributed by atoms with E-state index in [1.807, 2.05) is 0 Å². The molecule has 32 heavy (non-hydrogen) atoms. The lowest BCUT2D eigenvalue weighted by molar-refractivity contribution is -0.384. The quantitative estimate of drug-likeness (QED) is 0.339. The van der Waals surface area contributed by atoms with E-state index < -0.39 is 22.4 Å². The Balaban J connectivity index is 1.76. The van der Waals surface area contributed by atoms with E-state index in [0.717, 1.165) is 12.1 Å². The molecule has 162 valence electrons. The number of non-ortho nitro benzene ring substituents is 1. The highest BCUT2D eigenvalue weighted by Crippen LogP contribution is 2.36. The van der Waals surface area contributed by atoms with Gasteiger partial charge in [0.05, 0.1) is 16.1 Å². The van der Waals surface area contributed by atoms with E-state index in [4.69, 9.17) is 4.74 Å². The Bertz CT molecular complexity index is 1330. The van der Waals surface area contributed by atoms with Gasteiger partial charge in [-0.1, -0.05) is 30.3 Å². The maximum absolute atomic E-state index is 13.1. The van der Waals surface area contributed by atoms with Crippen LogP contribution in [0.2, 0.25) is 0 Å². The molecule has 0 bridgehead atoms. The van der Waals surface area contributed by atoms with Crippen LogP contribution in [-0.2, 0) is 15.7 Å². The lowest BCUT2D eigenvalue weighted by Gasteiger charge is -2.09. The summed E-state index contributed by atoms with van der Waals surface area (Å²) in [6.45, 7) is 0. The minimum absolute atomic E-state index is 0.0132. The van der Waals surface area contributed by atoms with Crippen molar-refractivity contribution in [1.82, 2.24) is 5.32 Å². The molecule has 0 fully saturated rings. The van der Waals surface area contributed by atoms with E-state index in [1.165, 1.54) is 37.4 Å². The summed E-state index contributed by atoms with van der Waals surface area (Å²) in [6, 6.07) is 13.9. The number of nitro groups is 1. The molecule has 1 aliphatic rings. The van der Waals surface area contributed by atoms with Crippen molar-refractivity contribution >= 4 is 33.9 Å². The van der Waals surface area contributed by atoms with Gasteiger partial charge in [0.2, 0.25) is 11.7 Å². The van der Waals surface area contributed by atoms with Gasteiger partial charge in [0.15, 0.2) is 5.76 Å². The van der Waals surface area contributed by atoms with Crippen molar-refractivity contribution < 1.29 is 27.6 Å².